The summed E-state index contributed by atoms with van der Waals surface area (Å²) in [5.41, 5.74) is 0.220. The first kappa shape index (κ1) is 23.6. The molecule has 1 saturated heterocycles. The van der Waals surface area contributed by atoms with E-state index in [2.05, 4.69) is 26.5 Å². The van der Waals surface area contributed by atoms with E-state index in [1.807, 2.05) is 0 Å². The molecule has 2 rings (SSSR count). The highest BCUT2D eigenvalue weighted by atomic mass is 16.6. The molecule has 0 aromatic rings. The number of hydrogen-bond donors (Lipinski definition) is 1. The normalized spacial score (nSPS) is 37.9. The highest BCUT2D eigenvalue weighted by Gasteiger charge is 2.52. The summed E-state index contributed by atoms with van der Waals surface area (Å²) in [6.45, 7) is 11.2. The quantitative estimate of drug-likeness (QED) is 0.330. The predicted octanol–water partition coefficient (Wildman–Crippen LogP) is 3.86. The maximum Gasteiger partial charge on any atom is 0.333 e. The van der Waals surface area contributed by atoms with Crippen LogP contribution in [0.1, 0.15) is 72.6 Å². The van der Waals surface area contributed by atoms with E-state index in [0.29, 0.717) is 31.3 Å². The molecule has 0 radical (unpaired) electrons. The monoisotopic (exact) mass is 408 g/mol. The van der Waals surface area contributed by atoms with Crippen molar-refractivity contribution in [2.75, 3.05) is 7.11 Å². The van der Waals surface area contributed by atoms with Gasteiger partial charge >= 0.3 is 11.9 Å². The third-order valence-electron chi connectivity index (χ3n) is 6.41. The molecule has 0 amide bonds. The number of rotatable bonds is 3. The number of allylic oxidation sites excluding steroid dienone is 2. The molecule has 0 aromatic heterocycles. The van der Waals surface area contributed by atoms with Crippen molar-refractivity contribution < 1.29 is 28.9 Å². The maximum atomic E-state index is 12.1. The Morgan fingerprint density at radius 2 is 1.97 bits per heavy atom. The molecule has 29 heavy (non-hydrogen) atoms. The van der Waals surface area contributed by atoms with Crippen LogP contribution >= 0.6 is 0 Å². The molecule has 5 atom stereocenters. The van der Waals surface area contributed by atoms with E-state index in [1.54, 1.807) is 6.92 Å². The van der Waals surface area contributed by atoms with Crippen LogP contribution in [0.2, 0.25) is 0 Å². The van der Waals surface area contributed by atoms with Crippen molar-refractivity contribution in [3.63, 3.8) is 0 Å². The Morgan fingerprint density at radius 3 is 2.59 bits per heavy atom. The van der Waals surface area contributed by atoms with E-state index in [4.69, 9.17) is 14.2 Å². The van der Waals surface area contributed by atoms with Gasteiger partial charge in [0, 0.05) is 12.5 Å². The van der Waals surface area contributed by atoms with Gasteiger partial charge < -0.3 is 19.3 Å². The zero-order valence-corrected chi connectivity index (χ0v) is 18.5. The number of hydrogen-bond acceptors (Lipinski definition) is 6. The van der Waals surface area contributed by atoms with Crippen molar-refractivity contribution in [3.05, 3.63) is 23.8 Å². The molecule has 164 valence electrons. The molecule has 6 heteroatoms. The summed E-state index contributed by atoms with van der Waals surface area (Å²) in [7, 11) is 1.34. The average molecular weight is 409 g/mol. The lowest BCUT2D eigenvalue weighted by Gasteiger charge is -2.34. The standard InChI is InChI=1S/C23H36O6/c1-15-8-7-12-23(5)20(29-23)14-18(16(2)21(25)27-6)11-13-22(4,26)19(10-9-15)28-17(3)24/h8,18-20,26H,2,7,9-14H2,1,3-6H3/b15-8+/t18-,19+,20+,22-,23+/m1/s1. The van der Waals surface area contributed by atoms with Crippen molar-refractivity contribution in [2.24, 2.45) is 5.92 Å². The minimum Gasteiger partial charge on any atom is -0.466 e. The highest BCUT2D eigenvalue weighted by molar-refractivity contribution is 5.88. The van der Waals surface area contributed by atoms with Gasteiger partial charge in [-0.25, -0.2) is 4.79 Å². The Morgan fingerprint density at radius 1 is 1.28 bits per heavy atom. The lowest BCUT2D eigenvalue weighted by atomic mass is 9.81. The number of epoxide rings is 1. The molecular weight excluding hydrogens is 372 g/mol. The SMILES string of the molecule is C=C(C(=O)OC)[C@@H]1CC[C@@](C)(O)[C@@H](OC(C)=O)CC/C(C)=C/CC[C@]2(C)O[C@H]2C1. The van der Waals surface area contributed by atoms with Gasteiger partial charge in [-0.2, -0.15) is 0 Å². The van der Waals surface area contributed by atoms with E-state index in [0.717, 1.165) is 19.3 Å². The molecule has 0 spiro atoms. The second-order valence-electron chi connectivity index (χ2n) is 8.99. The summed E-state index contributed by atoms with van der Waals surface area (Å²) >= 11 is 0. The van der Waals surface area contributed by atoms with Crippen LogP contribution < -0.4 is 0 Å². The molecule has 1 N–H and O–H groups in total. The Balaban J connectivity index is 2.25. The van der Waals surface area contributed by atoms with Gasteiger partial charge in [0.2, 0.25) is 0 Å². The van der Waals surface area contributed by atoms with Crippen LogP contribution in [0.4, 0.5) is 0 Å². The van der Waals surface area contributed by atoms with Crippen LogP contribution in [0.15, 0.2) is 23.8 Å². The van der Waals surface area contributed by atoms with E-state index in [9.17, 15) is 14.7 Å². The highest BCUT2D eigenvalue weighted by Crippen LogP contribution is 2.46. The largest absolute Gasteiger partial charge is 0.466 e. The number of esters is 2. The fraction of sp³-hybridized carbons (Fsp3) is 0.739. The van der Waals surface area contributed by atoms with Crippen molar-refractivity contribution in [1.82, 2.24) is 0 Å². The first-order valence-electron chi connectivity index (χ1n) is 10.5. The van der Waals surface area contributed by atoms with Crippen molar-refractivity contribution in [1.29, 1.82) is 0 Å². The van der Waals surface area contributed by atoms with Crippen LogP contribution in [0.3, 0.4) is 0 Å². The fourth-order valence-corrected chi connectivity index (χ4v) is 4.19. The Bertz CT molecular complexity index is 664. The van der Waals surface area contributed by atoms with E-state index < -0.39 is 23.6 Å². The number of fused-ring (bicyclic) bond motifs is 1. The maximum absolute atomic E-state index is 12.1. The van der Waals surface area contributed by atoms with Gasteiger partial charge in [-0.1, -0.05) is 18.2 Å². The molecule has 1 fully saturated rings. The smallest absolute Gasteiger partial charge is 0.333 e. The van der Waals surface area contributed by atoms with Crippen molar-refractivity contribution >= 4 is 11.9 Å². The minimum atomic E-state index is -1.21. The lowest BCUT2D eigenvalue weighted by molar-refractivity contribution is -0.163. The Labute approximate surface area is 174 Å². The molecule has 1 aliphatic carbocycles. The first-order valence-corrected chi connectivity index (χ1v) is 10.5. The third kappa shape index (κ3) is 6.41. The van der Waals surface area contributed by atoms with Gasteiger partial charge in [-0.15, -0.1) is 0 Å². The molecular formula is C23H36O6. The van der Waals surface area contributed by atoms with Gasteiger partial charge in [0.1, 0.15) is 6.10 Å². The number of ether oxygens (including phenoxy) is 3. The van der Waals surface area contributed by atoms with Gasteiger partial charge in [0.25, 0.3) is 0 Å². The summed E-state index contributed by atoms with van der Waals surface area (Å²) in [5, 5.41) is 11.1. The van der Waals surface area contributed by atoms with Crippen LogP contribution in [-0.2, 0) is 23.8 Å². The topological polar surface area (TPSA) is 85.4 Å². The summed E-state index contributed by atoms with van der Waals surface area (Å²) in [4.78, 5) is 23.7. The number of aliphatic hydroxyl groups is 1. The Kier molecular flexibility index (Phi) is 7.68. The molecule has 0 saturated carbocycles. The first-order chi connectivity index (χ1) is 13.5. The third-order valence-corrected chi connectivity index (χ3v) is 6.41. The molecule has 6 nitrogen and oxygen atoms in total. The summed E-state index contributed by atoms with van der Waals surface area (Å²) in [5.74, 6) is -1.01. The molecule has 1 aliphatic heterocycles. The number of carbonyl (C=O) groups is 2. The summed E-state index contributed by atoms with van der Waals surface area (Å²) in [6.07, 6.45) is 6.30. The van der Waals surface area contributed by atoms with Crippen molar-refractivity contribution in [2.45, 2.75) is 96.1 Å². The van der Waals surface area contributed by atoms with E-state index >= 15 is 0 Å². The zero-order valence-electron chi connectivity index (χ0n) is 18.5. The molecule has 0 bridgehead atoms. The molecule has 1 heterocycles. The zero-order chi connectivity index (χ0) is 21.8. The summed E-state index contributed by atoms with van der Waals surface area (Å²) in [6, 6.07) is 0. The minimum absolute atomic E-state index is 0.0553. The average Bonchev–Trinajstić information content (AvgIpc) is 3.28. The van der Waals surface area contributed by atoms with Crippen LogP contribution in [0.25, 0.3) is 0 Å². The van der Waals surface area contributed by atoms with Gasteiger partial charge in [0.05, 0.1) is 24.4 Å². The number of methoxy groups -OCH3 is 1. The fourth-order valence-electron chi connectivity index (χ4n) is 4.19. The van der Waals surface area contributed by atoms with E-state index in [1.165, 1.54) is 19.6 Å². The second-order valence-corrected chi connectivity index (χ2v) is 8.99. The number of carbonyl (C=O) groups excluding carboxylic acids is 2. The van der Waals surface area contributed by atoms with Gasteiger partial charge in [0.15, 0.2) is 0 Å². The van der Waals surface area contributed by atoms with E-state index in [-0.39, 0.29) is 17.6 Å². The van der Waals surface area contributed by atoms with Crippen LogP contribution in [-0.4, -0.2) is 47.6 Å². The molecule has 0 aromatic carbocycles. The van der Waals surface area contributed by atoms with Crippen LogP contribution in [0.5, 0.6) is 0 Å². The van der Waals surface area contributed by atoms with Crippen molar-refractivity contribution in [3.8, 4) is 0 Å². The predicted molar refractivity (Wildman–Crippen MR) is 110 cm³/mol. The van der Waals surface area contributed by atoms with Gasteiger partial charge in [-0.3, -0.25) is 4.79 Å². The summed E-state index contributed by atoms with van der Waals surface area (Å²) < 4.78 is 16.3. The van der Waals surface area contributed by atoms with Crippen LogP contribution in [0, 0.1) is 5.92 Å². The Hall–Kier alpha value is -1.66. The molecule has 2 aliphatic rings. The molecule has 0 unspecified atom stereocenters. The van der Waals surface area contributed by atoms with Gasteiger partial charge in [-0.05, 0) is 71.6 Å². The second kappa shape index (κ2) is 9.43. The lowest BCUT2D eigenvalue weighted by Crippen LogP contribution is -2.42.